The van der Waals surface area contributed by atoms with E-state index in [-0.39, 0.29) is 0 Å². The van der Waals surface area contributed by atoms with Gasteiger partial charge in [-0.1, -0.05) is 0 Å². The van der Waals surface area contributed by atoms with Gasteiger partial charge in [-0.3, -0.25) is 5.33 Å². The number of hydrogen-bond acceptors (Lipinski definition) is 0. The summed E-state index contributed by atoms with van der Waals surface area (Å²) >= 11 is 6.22. The van der Waals surface area contributed by atoms with Crippen LogP contribution in [0.4, 0.5) is 0 Å². The first-order valence-corrected chi connectivity index (χ1v) is 2.93. The smallest absolute Gasteiger partial charge is 0 e. The Morgan fingerprint density at radius 2 is 1.80 bits per heavy atom. The van der Waals surface area contributed by atoms with Crippen LogP contribution in [-0.2, 0) is 0 Å². The van der Waals surface area contributed by atoms with Crippen LogP contribution in [0, 0.1) is 5.33 Å². The fourth-order valence-corrected chi connectivity index (χ4v) is 0. The van der Waals surface area contributed by atoms with Crippen molar-refractivity contribution in [3.8, 4) is 0 Å². The van der Waals surface area contributed by atoms with E-state index < -0.39 is 0 Å². The van der Waals surface area contributed by atoms with E-state index in [0.29, 0.717) is 0 Å². The van der Waals surface area contributed by atoms with Gasteiger partial charge < -0.3 is 15.9 Å². The van der Waals surface area contributed by atoms with Crippen molar-refractivity contribution in [3.05, 3.63) is 5.33 Å². The number of alkyl halides is 1. The fourth-order valence-electron chi connectivity index (χ4n) is 0. The van der Waals surface area contributed by atoms with Crippen molar-refractivity contribution < 1.29 is 0 Å². The molecule has 0 amide bonds. The molecule has 0 spiro atoms. The Bertz CT molecular complexity index is 9.61. The van der Waals surface area contributed by atoms with Crippen LogP contribution < -0.4 is 0 Å². The molecule has 0 N–H and O–H groups in total. The molecule has 0 unspecified atom stereocenters. The summed E-state index contributed by atoms with van der Waals surface area (Å²) in [7, 11) is 0. The normalized spacial score (nSPS) is 6.00. The van der Waals surface area contributed by atoms with Crippen LogP contribution in [0.3, 0.4) is 0 Å². The fraction of sp³-hybridized carbons (Fsp3) is 0.500. The summed E-state index contributed by atoms with van der Waals surface area (Å²) < 4.78 is 0. The van der Waals surface area contributed by atoms with Crippen LogP contribution >= 0.6 is 31.9 Å². The van der Waals surface area contributed by atoms with Crippen LogP contribution in [0.2, 0.25) is 0 Å². The summed E-state index contributed by atoms with van der Waals surface area (Å²) in [5, 5.41) is 2.78. The van der Waals surface area contributed by atoms with Gasteiger partial charge in [0.15, 0.2) is 0 Å². The topological polar surface area (TPSA) is 0 Å². The Kier molecular flexibility index (Phi) is 16.0. The summed E-state index contributed by atoms with van der Waals surface area (Å²) in [5.74, 6) is 0. The van der Waals surface area contributed by atoms with Gasteiger partial charge in [-0.15, -0.1) is 21.3 Å². The minimum Gasteiger partial charge on any atom is -0.319 e. The number of hydrogen-bond donors (Lipinski definition) is 0. The van der Waals surface area contributed by atoms with Crippen LogP contribution in [0.15, 0.2) is 0 Å². The van der Waals surface area contributed by atoms with Crippen molar-refractivity contribution in [2.45, 2.75) is 0 Å². The Morgan fingerprint density at radius 3 is 1.80 bits per heavy atom. The molecule has 0 bridgehead atoms. The molecule has 0 aliphatic carbocycles. The minimum absolute atomic E-state index is 0. The van der Waals surface area contributed by atoms with E-state index in [2.05, 4.69) is 31.9 Å². The summed E-state index contributed by atoms with van der Waals surface area (Å²) in [6, 6.07) is 0. The van der Waals surface area contributed by atoms with E-state index in [0.717, 1.165) is 5.33 Å². The SMILES string of the molecule is Br[CH-]CBr.[Rf]. The standard InChI is InChI=1S/C2H3Br2.Rf/c3-1-2-4;/h1H,2H2;/q-1;. The molecule has 0 saturated heterocycles. The molecule has 0 fully saturated rings. The summed E-state index contributed by atoms with van der Waals surface area (Å²) in [6.07, 6.45) is 0. The van der Waals surface area contributed by atoms with Gasteiger partial charge in [-0.25, -0.2) is 0 Å². The van der Waals surface area contributed by atoms with E-state index in [1.807, 2.05) is 5.33 Å². The third-order valence-electron chi connectivity index (χ3n) is 0.0583. The first-order chi connectivity index (χ1) is 1.91. The first-order valence-electron chi connectivity index (χ1n) is 0.894. The zero-order chi connectivity index (χ0) is 3.41. The van der Waals surface area contributed by atoms with Crippen molar-refractivity contribution in [2.75, 3.05) is 5.33 Å². The Morgan fingerprint density at radius 1 is 1.60 bits per heavy atom. The Labute approximate surface area is 42.8 Å². The van der Waals surface area contributed by atoms with Gasteiger partial charge in [0.2, 0.25) is 0 Å². The predicted molar refractivity (Wildman–Crippen MR) is 27.0 cm³/mol. The zero-order valence-electron chi connectivity index (χ0n) is 2.75. The van der Waals surface area contributed by atoms with E-state index in [4.69, 9.17) is 0 Å². The van der Waals surface area contributed by atoms with Crippen molar-refractivity contribution in [2.24, 2.45) is 0 Å². The third kappa shape index (κ3) is 16.5. The molecule has 0 aliphatic rings. The molecule has 5 heavy (non-hydrogen) atoms. The molecule has 0 aliphatic heterocycles. The molecular formula is C2H3Br2Rf-. The largest absolute Gasteiger partial charge is 0.319 e. The van der Waals surface area contributed by atoms with Crippen LogP contribution in [0.1, 0.15) is 0 Å². The van der Waals surface area contributed by atoms with Gasteiger partial charge in [-0.2, -0.15) is 0 Å². The molecule has 0 atom stereocenters. The number of rotatable bonds is 1. The van der Waals surface area contributed by atoms with Gasteiger partial charge in [0.1, 0.15) is 0 Å². The Balaban J connectivity index is 0. The van der Waals surface area contributed by atoms with Crippen molar-refractivity contribution in [1.29, 1.82) is 0 Å². The van der Waals surface area contributed by atoms with Gasteiger partial charge >= 0.3 is 0 Å². The summed E-state index contributed by atoms with van der Waals surface area (Å²) in [4.78, 5) is 0. The molecule has 0 heterocycles. The average Bonchev–Trinajstić information content (AvgIpc) is 1.37. The molecule has 0 aromatic carbocycles. The monoisotopic (exact) mass is 452 g/mol. The quantitative estimate of drug-likeness (QED) is 0.420. The van der Waals surface area contributed by atoms with Crippen molar-refractivity contribution in [3.63, 3.8) is 0 Å². The average molecular weight is 454 g/mol. The van der Waals surface area contributed by atoms with E-state index >= 15 is 0 Å². The molecule has 28 valence electrons. The van der Waals surface area contributed by atoms with Gasteiger partial charge in [0, 0.05) is 0 Å². The maximum absolute atomic E-state index is 3.15. The van der Waals surface area contributed by atoms with E-state index in [1.165, 1.54) is 0 Å². The molecule has 0 aromatic heterocycles. The second-order valence-corrected chi connectivity index (χ2v) is 1.60. The maximum atomic E-state index is 3.15. The van der Waals surface area contributed by atoms with E-state index in [1.54, 1.807) is 0 Å². The molecule has 3 heteroatoms. The third-order valence-corrected chi connectivity index (χ3v) is 1.57. The molecular weight excluding hydrogens is 451 g/mol. The molecule has 0 radical (unpaired) electrons. The van der Waals surface area contributed by atoms with Crippen LogP contribution in [-0.4, -0.2) is 5.33 Å². The molecule has 0 nitrogen and oxygen atoms in total. The molecule has 0 aromatic rings. The predicted octanol–water partition coefficient (Wildman–Crippen LogP) is 1.94. The summed E-state index contributed by atoms with van der Waals surface area (Å²) in [5.41, 5.74) is 0. The number of halogens is 2. The summed E-state index contributed by atoms with van der Waals surface area (Å²) in [6.45, 7) is 0. The van der Waals surface area contributed by atoms with Crippen molar-refractivity contribution >= 4 is 31.9 Å². The molecule has 0 saturated carbocycles. The van der Waals surface area contributed by atoms with Crippen LogP contribution in [0.5, 0.6) is 0 Å². The first kappa shape index (κ1) is 8.88. The van der Waals surface area contributed by atoms with Crippen LogP contribution in [0.25, 0.3) is 0 Å². The maximum Gasteiger partial charge on any atom is 0 e. The van der Waals surface area contributed by atoms with Crippen molar-refractivity contribution in [1.82, 2.24) is 0 Å². The minimum atomic E-state index is 0. The second kappa shape index (κ2) is 9.03. The molecule has 0 rings (SSSR count). The zero-order valence-corrected chi connectivity index (χ0v) is 12.3. The second-order valence-electron chi connectivity index (χ2n) is 0.309. The Hall–Kier alpha value is -0.0400. The van der Waals surface area contributed by atoms with E-state index in [9.17, 15) is 0 Å². The van der Waals surface area contributed by atoms with Gasteiger partial charge in [-0.05, 0) is 0 Å². The van der Waals surface area contributed by atoms with Gasteiger partial charge in [0.05, 0.1) is 0 Å². The van der Waals surface area contributed by atoms with Gasteiger partial charge in [0.25, 0.3) is 0 Å².